The maximum Gasteiger partial charge on any atom is 0.326 e. The Hall–Kier alpha value is -1.66. The van der Waals surface area contributed by atoms with E-state index in [1.54, 1.807) is 0 Å². The molecule has 0 bridgehead atoms. The largest absolute Gasteiger partial charge is 0.344 e. The average Bonchev–Trinajstić information content (AvgIpc) is 2.22. The molecule has 0 aliphatic heterocycles. The van der Waals surface area contributed by atoms with Gasteiger partial charge in [-0.25, -0.2) is 0 Å². The molecule has 0 aromatic carbocycles. The minimum absolute atomic E-state index is 0. The summed E-state index contributed by atoms with van der Waals surface area (Å²) in [7, 11) is 0. The number of carbonyl (C=O) groups is 4. The van der Waals surface area contributed by atoms with Crippen LogP contribution in [0.1, 0.15) is 27.7 Å². The fourth-order valence-electron chi connectivity index (χ4n) is 0.957. The molecule has 0 rings (SSSR count). The zero-order valence-electron chi connectivity index (χ0n) is 13.7. The summed E-state index contributed by atoms with van der Waals surface area (Å²) in [4.78, 5) is 61.4. The van der Waals surface area contributed by atoms with Crippen LogP contribution in [0.5, 0.6) is 0 Å². The van der Waals surface area contributed by atoms with Crippen LogP contribution in [0.3, 0.4) is 0 Å². The van der Waals surface area contributed by atoms with Crippen molar-refractivity contribution >= 4 is 23.9 Å². The summed E-state index contributed by atoms with van der Waals surface area (Å²) in [6.07, 6.45) is 0. The summed E-state index contributed by atoms with van der Waals surface area (Å²) in [5.74, 6) is -2.90. The summed E-state index contributed by atoms with van der Waals surface area (Å²) in [5.41, 5.74) is 0. The molecule has 0 heterocycles. The van der Waals surface area contributed by atoms with E-state index in [0.29, 0.717) is 10.5 Å². The molecule has 0 atom stereocenters. The first-order valence-electron chi connectivity index (χ1n) is 5.50. The van der Waals surface area contributed by atoms with Crippen LogP contribution in [-0.2, 0) is 58.0 Å². The predicted octanol–water partition coefficient (Wildman–Crippen LogP) is -0.176. The molecular formula is C10H22N4O8Zn. The Morgan fingerprint density at radius 2 is 0.783 bits per heavy atom. The van der Waals surface area contributed by atoms with Crippen LogP contribution in [0.15, 0.2) is 0 Å². The fraction of sp³-hybridized carbons (Fsp3) is 0.600. The van der Waals surface area contributed by atoms with Crippen molar-refractivity contribution in [3.63, 3.8) is 0 Å². The van der Waals surface area contributed by atoms with Crippen molar-refractivity contribution < 1.29 is 58.0 Å². The maximum absolute atomic E-state index is 10.8. The van der Waals surface area contributed by atoms with Gasteiger partial charge in [-0.1, -0.05) is 0 Å². The van der Waals surface area contributed by atoms with Crippen LogP contribution < -0.4 is 12.3 Å². The minimum Gasteiger partial charge on any atom is -0.344 e. The summed E-state index contributed by atoms with van der Waals surface area (Å²) >= 11 is 0. The topological polar surface area (TPSA) is 182 Å². The predicted molar refractivity (Wildman–Crippen MR) is 70.5 cm³/mol. The van der Waals surface area contributed by atoms with Crippen molar-refractivity contribution in [2.45, 2.75) is 27.7 Å². The second-order valence-corrected chi connectivity index (χ2v) is 3.44. The molecule has 0 aliphatic rings. The van der Waals surface area contributed by atoms with Crippen LogP contribution in [0.25, 0.3) is 0 Å². The van der Waals surface area contributed by atoms with Gasteiger partial charge < -0.3 is 31.7 Å². The van der Waals surface area contributed by atoms with Crippen LogP contribution >= 0.6 is 0 Å². The fourth-order valence-corrected chi connectivity index (χ4v) is 0.957. The molecule has 0 spiro atoms. The molecule has 0 fully saturated rings. The van der Waals surface area contributed by atoms with Crippen molar-refractivity contribution in [1.29, 1.82) is 0 Å². The Morgan fingerprint density at radius 1 is 0.609 bits per heavy atom. The van der Waals surface area contributed by atoms with Gasteiger partial charge in [0.2, 0.25) is 0 Å². The van der Waals surface area contributed by atoms with E-state index in [2.05, 4.69) is 19.4 Å². The SMILES string of the molecule is CC(=O)ON(CCN(OC(C)=O)OC(C)=O)OC(C)=O.N.N.[Zn]. The third-order valence-electron chi connectivity index (χ3n) is 1.39. The van der Waals surface area contributed by atoms with Crippen molar-refractivity contribution in [2.75, 3.05) is 13.1 Å². The number of rotatable bonds is 7. The normalized spacial score (nSPS) is 8.78. The molecule has 0 amide bonds. The van der Waals surface area contributed by atoms with Crippen LogP contribution in [-0.4, -0.2) is 47.4 Å². The molecule has 0 saturated heterocycles. The molecule has 13 heteroatoms. The number of hydrogen-bond acceptors (Lipinski definition) is 12. The number of hydroxylamine groups is 4. The van der Waals surface area contributed by atoms with E-state index in [4.69, 9.17) is 0 Å². The standard InChI is InChI=1S/C10H16N2O8.2H3N.Zn/c1-7(13)17-11(18-8(2)14)5-6-12(19-9(3)15)20-10(4)16;;;/h5-6H2,1-4H3;2*1H3;. The van der Waals surface area contributed by atoms with Gasteiger partial charge in [-0.05, 0) is 0 Å². The Labute approximate surface area is 146 Å². The molecule has 0 aliphatic carbocycles. The third kappa shape index (κ3) is 18.3. The Morgan fingerprint density at radius 3 is 0.913 bits per heavy atom. The first-order valence-corrected chi connectivity index (χ1v) is 5.50. The Balaban J connectivity index is -0.000000602. The summed E-state index contributed by atoms with van der Waals surface area (Å²) in [5, 5.41) is 1.15. The van der Waals surface area contributed by atoms with E-state index in [1.807, 2.05) is 0 Å². The molecule has 0 saturated carbocycles. The van der Waals surface area contributed by atoms with E-state index in [0.717, 1.165) is 27.7 Å². The molecule has 6 N–H and O–H groups in total. The van der Waals surface area contributed by atoms with Gasteiger partial charge in [0.15, 0.2) is 0 Å². The van der Waals surface area contributed by atoms with E-state index in [9.17, 15) is 19.2 Å². The van der Waals surface area contributed by atoms with E-state index >= 15 is 0 Å². The smallest absolute Gasteiger partial charge is 0.326 e. The van der Waals surface area contributed by atoms with Gasteiger partial charge in [-0.15, -0.1) is 0 Å². The Bertz CT molecular complexity index is 327. The summed E-state index contributed by atoms with van der Waals surface area (Å²) in [6.45, 7) is 3.97. The quantitative estimate of drug-likeness (QED) is 0.432. The average molecular weight is 392 g/mol. The summed E-state index contributed by atoms with van der Waals surface area (Å²) < 4.78 is 0. The molecule has 0 aromatic heterocycles. The van der Waals surface area contributed by atoms with Gasteiger partial charge in [0.05, 0.1) is 13.1 Å². The van der Waals surface area contributed by atoms with E-state index in [-0.39, 0.29) is 44.9 Å². The molecule has 132 valence electrons. The number of nitrogens with zero attached hydrogens (tertiary/aromatic N) is 2. The van der Waals surface area contributed by atoms with Gasteiger partial charge >= 0.3 is 23.9 Å². The molecule has 0 unspecified atom stereocenters. The van der Waals surface area contributed by atoms with Crippen molar-refractivity contribution in [2.24, 2.45) is 0 Å². The van der Waals surface area contributed by atoms with E-state index < -0.39 is 23.9 Å². The Kier molecular flexibility index (Phi) is 19.5. The third-order valence-corrected chi connectivity index (χ3v) is 1.39. The molecule has 0 aromatic rings. The van der Waals surface area contributed by atoms with Crippen molar-refractivity contribution in [1.82, 2.24) is 22.8 Å². The molecule has 12 nitrogen and oxygen atoms in total. The number of hydrogen-bond donors (Lipinski definition) is 2. The van der Waals surface area contributed by atoms with Gasteiger partial charge in [0.25, 0.3) is 0 Å². The van der Waals surface area contributed by atoms with E-state index in [1.165, 1.54) is 0 Å². The van der Waals surface area contributed by atoms with Crippen molar-refractivity contribution in [3.8, 4) is 0 Å². The van der Waals surface area contributed by atoms with Crippen LogP contribution in [0, 0.1) is 0 Å². The van der Waals surface area contributed by atoms with Gasteiger partial charge in [-0.3, -0.25) is 19.2 Å². The first kappa shape index (κ1) is 29.4. The van der Waals surface area contributed by atoms with Gasteiger partial charge in [-0.2, -0.15) is 0 Å². The monoisotopic (exact) mass is 390 g/mol. The van der Waals surface area contributed by atoms with Crippen LogP contribution in [0.4, 0.5) is 0 Å². The molecule has 23 heavy (non-hydrogen) atoms. The van der Waals surface area contributed by atoms with Gasteiger partial charge in [0, 0.05) is 57.6 Å². The summed E-state index contributed by atoms with van der Waals surface area (Å²) in [6, 6.07) is 0. The maximum atomic E-state index is 10.8. The zero-order chi connectivity index (χ0) is 15.7. The molecular weight excluding hydrogens is 370 g/mol. The minimum atomic E-state index is -0.724. The second kappa shape index (κ2) is 15.2. The number of carbonyl (C=O) groups excluding carboxylic acids is 4. The van der Waals surface area contributed by atoms with Crippen molar-refractivity contribution in [3.05, 3.63) is 0 Å². The zero-order valence-corrected chi connectivity index (χ0v) is 16.7. The van der Waals surface area contributed by atoms with Gasteiger partial charge in [0.1, 0.15) is 0 Å². The first-order chi connectivity index (χ1) is 9.20. The molecule has 0 radical (unpaired) electrons. The second-order valence-electron chi connectivity index (χ2n) is 3.44. The van der Waals surface area contributed by atoms with Crippen LogP contribution in [0.2, 0.25) is 0 Å².